The summed E-state index contributed by atoms with van der Waals surface area (Å²) in [6.07, 6.45) is 7.04. The van der Waals surface area contributed by atoms with Crippen molar-refractivity contribution >= 4 is 5.95 Å². The largest absolute Gasteiger partial charge is 0.340 e. The van der Waals surface area contributed by atoms with Crippen LogP contribution in [0.3, 0.4) is 0 Å². The second-order valence-corrected chi connectivity index (χ2v) is 4.88. The molecular formula is C13H17N5. The van der Waals surface area contributed by atoms with Gasteiger partial charge in [0, 0.05) is 44.1 Å². The Balaban J connectivity index is 1.75. The normalized spacial score (nSPS) is 19.4. The highest BCUT2D eigenvalue weighted by atomic mass is 15.3. The zero-order chi connectivity index (χ0) is 12.5. The summed E-state index contributed by atoms with van der Waals surface area (Å²) in [4.78, 5) is 11.1. The standard InChI is InChI=1S/C13H17N5/c1-10-3-5-14-13(16-10)18-6-4-11(9-18)12-7-15-17(2)8-12/h3,5,7-8,11H,4,6,9H2,1-2H3. The lowest BCUT2D eigenvalue weighted by Gasteiger charge is -2.15. The van der Waals surface area contributed by atoms with E-state index in [1.54, 1.807) is 0 Å². The van der Waals surface area contributed by atoms with Crippen LogP contribution in [0.5, 0.6) is 0 Å². The first-order valence-electron chi connectivity index (χ1n) is 6.25. The summed E-state index contributed by atoms with van der Waals surface area (Å²) in [7, 11) is 1.96. The lowest BCUT2D eigenvalue weighted by atomic mass is 10.0. The lowest BCUT2D eigenvalue weighted by molar-refractivity contribution is 0.753. The maximum Gasteiger partial charge on any atom is 0.225 e. The van der Waals surface area contributed by atoms with Gasteiger partial charge in [-0.25, -0.2) is 9.97 Å². The maximum atomic E-state index is 4.48. The van der Waals surface area contributed by atoms with Gasteiger partial charge in [-0.1, -0.05) is 0 Å². The first-order chi connectivity index (χ1) is 8.72. The molecule has 0 N–H and O–H groups in total. The van der Waals surface area contributed by atoms with E-state index in [9.17, 15) is 0 Å². The van der Waals surface area contributed by atoms with Crippen LogP contribution >= 0.6 is 0 Å². The highest BCUT2D eigenvalue weighted by molar-refractivity contribution is 5.34. The summed E-state index contributed by atoms with van der Waals surface area (Å²) in [6, 6.07) is 1.93. The van der Waals surface area contributed by atoms with Gasteiger partial charge >= 0.3 is 0 Å². The molecule has 1 aliphatic heterocycles. The maximum absolute atomic E-state index is 4.48. The molecule has 1 unspecified atom stereocenters. The minimum atomic E-state index is 0.544. The zero-order valence-corrected chi connectivity index (χ0v) is 10.7. The summed E-state index contributed by atoms with van der Waals surface area (Å²) in [5, 5.41) is 4.24. The van der Waals surface area contributed by atoms with Crippen molar-refractivity contribution in [2.75, 3.05) is 18.0 Å². The molecule has 3 heterocycles. The summed E-state index contributed by atoms with van der Waals surface area (Å²) in [6.45, 7) is 4.00. The number of aromatic nitrogens is 4. The van der Waals surface area contributed by atoms with E-state index in [4.69, 9.17) is 0 Å². The molecule has 0 spiro atoms. The van der Waals surface area contributed by atoms with Gasteiger partial charge in [-0.3, -0.25) is 4.68 Å². The van der Waals surface area contributed by atoms with E-state index in [0.29, 0.717) is 5.92 Å². The predicted molar refractivity (Wildman–Crippen MR) is 69.5 cm³/mol. The molecule has 1 fully saturated rings. The van der Waals surface area contributed by atoms with E-state index in [1.165, 1.54) is 5.56 Å². The molecule has 0 amide bonds. The van der Waals surface area contributed by atoms with Crippen molar-refractivity contribution in [1.82, 2.24) is 19.7 Å². The molecule has 94 valence electrons. The SMILES string of the molecule is Cc1ccnc(N2CCC(c3cnn(C)c3)C2)n1. The minimum absolute atomic E-state index is 0.544. The summed E-state index contributed by atoms with van der Waals surface area (Å²) >= 11 is 0. The number of hydrogen-bond acceptors (Lipinski definition) is 4. The van der Waals surface area contributed by atoms with Crippen LogP contribution in [-0.2, 0) is 7.05 Å². The Morgan fingerprint density at radius 2 is 2.28 bits per heavy atom. The monoisotopic (exact) mass is 243 g/mol. The van der Waals surface area contributed by atoms with Crippen LogP contribution in [-0.4, -0.2) is 32.8 Å². The van der Waals surface area contributed by atoms with E-state index in [1.807, 2.05) is 37.1 Å². The van der Waals surface area contributed by atoms with Crippen LogP contribution in [0.2, 0.25) is 0 Å². The fourth-order valence-electron chi connectivity index (χ4n) is 2.45. The molecule has 5 heteroatoms. The Hall–Kier alpha value is -1.91. The molecule has 5 nitrogen and oxygen atoms in total. The first kappa shape index (κ1) is 11.2. The molecular weight excluding hydrogens is 226 g/mol. The van der Waals surface area contributed by atoms with E-state index in [-0.39, 0.29) is 0 Å². The molecule has 0 bridgehead atoms. The highest BCUT2D eigenvalue weighted by Crippen LogP contribution is 2.28. The number of hydrogen-bond donors (Lipinski definition) is 0. The Morgan fingerprint density at radius 1 is 1.39 bits per heavy atom. The van der Waals surface area contributed by atoms with Gasteiger partial charge in [0.15, 0.2) is 0 Å². The number of nitrogens with zero attached hydrogens (tertiary/aromatic N) is 5. The molecule has 1 aliphatic rings. The van der Waals surface area contributed by atoms with Gasteiger partial charge in [0.1, 0.15) is 0 Å². The second kappa shape index (κ2) is 4.40. The van der Waals surface area contributed by atoms with Gasteiger partial charge < -0.3 is 4.90 Å². The van der Waals surface area contributed by atoms with Gasteiger partial charge in [0.2, 0.25) is 5.95 Å². The van der Waals surface area contributed by atoms with Crippen LogP contribution in [0, 0.1) is 6.92 Å². The van der Waals surface area contributed by atoms with Gasteiger partial charge in [-0.15, -0.1) is 0 Å². The van der Waals surface area contributed by atoms with Crippen LogP contribution < -0.4 is 4.90 Å². The van der Waals surface area contributed by atoms with Crippen molar-refractivity contribution in [2.45, 2.75) is 19.3 Å². The fourth-order valence-corrected chi connectivity index (χ4v) is 2.45. The zero-order valence-electron chi connectivity index (χ0n) is 10.7. The molecule has 0 radical (unpaired) electrons. The number of anilines is 1. The summed E-state index contributed by atoms with van der Waals surface area (Å²) in [5.41, 5.74) is 2.33. The van der Waals surface area contributed by atoms with Crippen LogP contribution in [0.15, 0.2) is 24.7 Å². The Morgan fingerprint density at radius 3 is 3.00 bits per heavy atom. The van der Waals surface area contributed by atoms with E-state index in [2.05, 4.69) is 26.2 Å². The van der Waals surface area contributed by atoms with Crippen LogP contribution in [0.25, 0.3) is 0 Å². The van der Waals surface area contributed by atoms with Crippen molar-refractivity contribution in [3.8, 4) is 0 Å². The Kier molecular flexibility index (Phi) is 2.74. The summed E-state index contributed by atoms with van der Waals surface area (Å²) in [5.74, 6) is 1.39. The third-order valence-electron chi connectivity index (χ3n) is 3.45. The third-order valence-corrected chi connectivity index (χ3v) is 3.45. The number of rotatable bonds is 2. The van der Waals surface area contributed by atoms with E-state index >= 15 is 0 Å². The van der Waals surface area contributed by atoms with Gasteiger partial charge in [-0.05, 0) is 25.0 Å². The Bertz CT molecular complexity index is 548. The predicted octanol–water partition coefficient (Wildman–Crippen LogP) is 1.51. The molecule has 0 saturated carbocycles. The van der Waals surface area contributed by atoms with Gasteiger partial charge in [-0.2, -0.15) is 5.10 Å². The number of aryl methyl sites for hydroxylation is 2. The molecule has 1 atom stereocenters. The lowest BCUT2D eigenvalue weighted by Crippen LogP contribution is -2.21. The average molecular weight is 243 g/mol. The van der Waals surface area contributed by atoms with Crippen molar-refractivity contribution in [2.24, 2.45) is 7.05 Å². The van der Waals surface area contributed by atoms with E-state index in [0.717, 1.165) is 31.2 Å². The Labute approximate surface area is 106 Å². The van der Waals surface area contributed by atoms with Crippen LogP contribution in [0.4, 0.5) is 5.95 Å². The summed E-state index contributed by atoms with van der Waals surface area (Å²) < 4.78 is 1.86. The minimum Gasteiger partial charge on any atom is -0.340 e. The van der Waals surface area contributed by atoms with Crippen molar-refractivity contribution < 1.29 is 0 Å². The van der Waals surface area contributed by atoms with Crippen molar-refractivity contribution in [1.29, 1.82) is 0 Å². The highest BCUT2D eigenvalue weighted by Gasteiger charge is 2.26. The van der Waals surface area contributed by atoms with Crippen molar-refractivity contribution in [3.63, 3.8) is 0 Å². The molecule has 0 aliphatic carbocycles. The topological polar surface area (TPSA) is 46.8 Å². The smallest absolute Gasteiger partial charge is 0.225 e. The average Bonchev–Trinajstić information content (AvgIpc) is 2.97. The molecule has 18 heavy (non-hydrogen) atoms. The van der Waals surface area contributed by atoms with Gasteiger partial charge in [0.25, 0.3) is 0 Å². The third kappa shape index (κ3) is 2.08. The molecule has 2 aromatic heterocycles. The molecule has 1 saturated heterocycles. The molecule has 3 rings (SSSR count). The van der Waals surface area contributed by atoms with E-state index < -0.39 is 0 Å². The first-order valence-corrected chi connectivity index (χ1v) is 6.25. The van der Waals surface area contributed by atoms with Crippen molar-refractivity contribution in [3.05, 3.63) is 35.9 Å². The van der Waals surface area contributed by atoms with Gasteiger partial charge in [0.05, 0.1) is 6.20 Å². The van der Waals surface area contributed by atoms with Crippen LogP contribution in [0.1, 0.15) is 23.6 Å². The molecule has 0 aromatic carbocycles. The quantitative estimate of drug-likeness (QED) is 0.802. The fraction of sp³-hybridized carbons (Fsp3) is 0.462. The molecule has 2 aromatic rings. The second-order valence-electron chi connectivity index (χ2n) is 4.88.